The Labute approximate surface area is 251 Å². The normalized spacial score (nSPS) is 45.1. The minimum atomic E-state index is -0.272. The fourth-order valence-corrected chi connectivity index (χ4v) is 10.8. The molecule has 41 heavy (non-hydrogen) atoms. The molecule has 4 aliphatic carbocycles. The van der Waals surface area contributed by atoms with Gasteiger partial charge in [0.05, 0.1) is 18.8 Å². The van der Waals surface area contributed by atoms with Crippen molar-refractivity contribution in [2.45, 2.75) is 142 Å². The molecule has 1 heterocycles. The van der Waals surface area contributed by atoms with E-state index in [9.17, 15) is 0 Å². The molecule has 0 amide bonds. The van der Waals surface area contributed by atoms with E-state index >= 15 is 0 Å². The zero-order valence-electron chi connectivity index (χ0n) is 27.7. The lowest BCUT2D eigenvalue weighted by molar-refractivity contribution is -0.279. The van der Waals surface area contributed by atoms with E-state index in [1.165, 1.54) is 57.8 Å². The van der Waals surface area contributed by atoms with Crippen LogP contribution in [0, 0.1) is 46.3 Å². The Kier molecular flexibility index (Phi) is 10.3. The molecular weight excluding hydrogens is 512 g/mol. The van der Waals surface area contributed by atoms with E-state index in [2.05, 4.69) is 40.7 Å². The van der Waals surface area contributed by atoms with Crippen LogP contribution in [0.1, 0.15) is 112 Å². The van der Waals surface area contributed by atoms with Gasteiger partial charge in [0.25, 0.3) is 0 Å². The molecule has 0 spiro atoms. The molecule has 0 aromatic heterocycles. The van der Waals surface area contributed by atoms with Crippen LogP contribution in [-0.2, 0) is 23.7 Å². The van der Waals surface area contributed by atoms with Crippen molar-refractivity contribution in [3.63, 3.8) is 0 Å². The average molecular weight is 575 g/mol. The van der Waals surface area contributed by atoms with Gasteiger partial charge in [-0.15, -0.1) is 0 Å². The first-order chi connectivity index (χ1) is 19.6. The molecule has 0 bridgehead atoms. The van der Waals surface area contributed by atoms with Crippen molar-refractivity contribution < 1.29 is 23.7 Å². The molecule has 0 aromatic rings. The Hall–Kier alpha value is -0.460. The second kappa shape index (κ2) is 13.3. The van der Waals surface area contributed by atoms with Crippen LogP contribution in [0.2, 0.25) is 0 Å². The zero-order valence-corrected chi connectivity index (χ0v) is 27.7. The average Bonchev–Trinajstić information content (AvgIpc) is 3.30. The smallest absolute Gasteiger partial charge is 0.161 e. The number of methoxy groups -OCH3 is 3. The molecule has 3 saturated carbocycles. The maximum absolute atomic E-state index is 6.68. The lowest BCUT2D eigenvalue weighted by Crippen LogP contribution is -2.53. The third kappa shape index (κ3) is 6.23. The lowest BCUT2D eigenvalue weighted by atomic mass is 9.47. The predicted octanol–water partition coefficient (Wildman–Crippen LogP) is 8.20. The quantitative estimate of drug-likeness (QED) is 0.233. The largest absolute Gasteiger partial charge is 0.382 e. The first-order valence-electron chi connectivity index (χ1n) is 17.2. The SMILES string of the molecule is COC[C@H]1OC(OC2CC[C@@]3(C)C(=CCC4C3CC[C@@]3(C)C4CC[C@@H]3C(C)CCCC(C)C)C2)C[C@@H](OC)[C@@H]1OC. The number of hydrogen-bond donors (Lipinski definition) is 0. The molecule has 12 atom stereocenters. The van der Waals surface area contributed by atoms with Crippen LogP contribution < -0.4 is 0 Å². The van der Waals surface area contributed by atoms with Crippen molar-refractivity contribution in [3.05, 3.63) is 11.6 Å². The summed E-state index contributed by atoms with van der Waals surface area (Å²) in [6, 6.07) is 0. The molecule has 4 fully saturated rings. The molecule has 0 radical (unpaired) electrons. The van der Waals surface area contributed by atoms with Crippen molar-refractivity contribution in [2.24, 2.45) is 46.3 Å². The molecule has 1 saturated heterocycles. The summed E-state index contributed by atoms with van der Waals surface area (Å²) < 4.78 is 30.0. The molecule has 236 valence electrons. The Bertz CT molecular complexity index is 887. The Morgan fingerprint density at radius 3 is 2.46 bits per heavy atom. The standard InChI is InChI=1S/C36H62O5/c1-23(2)10-9-11-24(3)28-14-15-29-27-13-12-25-20-26(16-18-35(25,4)30(27)17-19-36(28,29)5)40-33-21-31(38-7)34(39-8)32(41-33)22-37-6/h12,23-24,26-34H,9-11,13-22H2,1-8H3/t24?,26?,27?,28-,29?,30?,31-,32-,33?,34+,35+,36-/m1/s1. The molecule has 5 nitrogen and oxygen atoms in total. The van der Waals surface area contributed by atoms with Crippen LogP contribution in [0.4, 0.5) is 0 Å². The number of fused-ring (bicyclic) bond motifs is 5. The van der Waals surface area contributed by atoms with Crippen LogP contribution in [0.5, 0.6) is 0 Å². The molecule has 5 heteroatoms. The summed E-state index contributed by atoms with van der Waals surface area (Å²) in [7, 11) is 5.19. The van der Waals surface area contributed by atoms with Gasteiger partial charge in [0, 0.05) is 27.8 Å². The number of hydrogen-bond acceptors (Lipinski definition) is 5. The Balaban J connectivity index is 1.22. The van der Waals surface area contributed by atoms with Gasteiger partial charge in [-0.2, -0.15) is 0 Å². The van der Waals surface area contributed by atoms with Crippen molar-refractivity contribution in [1.29, 1.82) is 0 Å². The molecule has 0 aromatic carbocycles. The molecular formula is C36H62O5. The van der Waals surface area contributed by atoms with Crippen molar-refractivity contribution in [3.8, 4) is 0 Å². The minimum Gasteiger partial charge on any atom is -0.382 e. The van der Waals surface area contributed by atoms with Gasteiger partial charge in [-0.3, -0.25) is 0 Å². The molecule has 1 aliphatic heterocycles. The lowest BCUT2D eigenvalue weighted by Gasteiger charge is -2.58. The maximum atomic E-state index is 6.68. The van der Waals surface area contributed by atoms with Crippen molar-refractivity contribution in [2.75, 3.05) is 27.9 Å². The van der Waals surface area contributed by atoms with Gasteiger partial charge in [-0.25, -0.2) is 0 Å². The van der Waals surface area contributed by atoms with E-state index < -0.39 is 0 Å². The van der Waals surface area contributed by atoms with Gasteiger partial charge in [-0.1, -0.05) is 65.5 Å². The molecule has 0 N–H and O–H groups in total. The maximum Gasteiger partial charge on any atom is 0.161 e. The third-order valence-corrected chi connectivity index (χ3v) is 13.0. The summed E-state index contributed by atoms with van der Waals surface area (Å²) in [5.41, 5.74) is 2.57. The fourth-order valence-electron chi connectivity index (χ4n) is 10.8. The highest BCUT2D eigenvalue weighted by Crippen LogP contribution is 2.67. The van der Waals surface area contributed by atoms with Crippen molar-refractivity contribution >= 4 is 0 Å². The van der Waals surface area contributed by atoms with Gasteiger partial charge in [0.15, 0.2) is 6.29 Å². The van der Waals surface area contributed by atoms with Crippen molar-refractivity contribution in [1.82, 2.24) is 0 Å². The Morgan fingerprint density at radius 1 is 0.951 bits per heavy atom. The fraction of sp³-hybridized carbons (Fsp3) is 0.944. The van der Waals surface area contributed by atoms with Gasteiger partial charge < -0.3 is 23.7 Å². The second-order valence-corrected chi connectivity index (χ2v) is 15.6. The molecule has 6 unspecified atom stereocenters. The van der Waals surface area contributed by atoms with E-state index in [-0.39, 0.29) is 30.7 Å². The monoisotopic (exact) mass is 574 g/mol. The number of allylic oxidation sites excluding steroid dienone is 1. The van der Waals surface area contributed by atoms with E-state index in [0.717, 1.165) is 48.3 Å². The van der Waals surface area contributed by atoms with Gasteiger partial charge >= 0.3 is 0 Å². The van der Waals surface area contributed by atoms with Crippen LogP contribution in [0.25, 0.3) is 0 Å². The highest BCUT2D eigenvalue weighted by Gasteiger charge is 2.59. The highest BCUT2D eigenvalue weighted by molar-refractivity contribution is 5.25. The van der Waals surface area contributed by atoms with Crippen LogP contribution >= 0.6 is 0 Å². The van der Waals surface area contributed by atoms with E-state index in [4.69, 9.17) is 23.7 Å². The van der Waals surface area contributed by atoms with E-state index in [0.29, 0.717) is 23.9 Å². The Morgan fingerprint density at radius 2 is 1.76 bits per heavy atom. The van der Waals surface area contributed by atoms with Gasteiger partial charge in [0.1, 0.15) is 12.2 Å². The van der Waals surface area contributed by atoms with Crippen LogP contribution in [0.15, 0.2) is 11.6 Å². The van der Waals surface area contributed by atoms with E-state index in [1.807, 2.05) is 0 Å². The number of rotatable bonds is 11. The molecule has 5 rings (SSSR count). The zero-order chi connectivity index (χ0) is 29.4. The van der Waals surface area contributed by atoms with Gasteiger partial charge in [0.2, 0.25) is 0 Å². The third-order valence-electron chi connectivity index (χ3n) is 13.0. The summed E-state index contributed by atoms with van der Waals surface area (Å²) in [4.78, 5) is 0. The summed E-state index contributed by atoms with van der Waals surface area (Å²) in [5, 5.41) is 0. The highest BCUT2D eigenvalue weighted by atomic mass is 16.7. The van der Waals surface area contributed by atoms with Crippen LogP contribution in [0.3, 0.4) is 0 Å². The van der Waals surface area contributed by atoms with E-state index in [1.54, 1.807) is 26.9 Å². The number of ether oxygens (including phenoxy) is 5. The van der Waals surface area contributed by atoms with Gasteiger partial charge in [-0.05, 0) is 97.7 Å². The first-order valence-corrected chi connectivity index (χ1v) is 17.2. The second-order valence-electron chi connectivity index (χ2n) is 15.6. The molecule has 5 aliphatic rings. The summed E-state index contributed by atoms with van der Waals surface area (Å²) >= 11 is 0. The first kappa shape index (κ1) is 31.9. The topological polar surface area (TPSA) is 46.2 Å². The summed E-state index contributed by atoms with van der Waals surface area (Å²) in [5.74, 6) is 5.26. The summed E-state index contributed by atoms with van der Waals surface area (Å²) in [6.07, 6.45) is 17.7. The summed E-state index contributed by atoms with van der Waals surface area (Å²) in [6.45, 7) is 13.1. The van der Waals surface area contributed by atoms with Crippen LogP contribution in [-0.4, -0.2) is 58.6 Å². The minimum absolute atomic E-state index is 0.0490. The predicted molar refractivity (Wildman–Crippen MR) is 165 cm³/mol.